The summed E-state index contributed by atoms with van der Waals surface area (Å²) in [6.45, 7) is 2.92. The molecule has 0 aliphatic carbocycles. The Bertz CT molecular complexity index is 293. The molecule has 0 saturated heterocycles. The van der Waals surface area contributed by atoms with Gasteiger partial charge in [-0.15, -0.1) is 0 Å². The van der Waals surface area contributed by atoms with E-state index in [2.05, 4.69) is 17.9 Å². The third-order valence-electron chi connectivity index (χ3n) is 1.74. The topological polar surface area (TPSA) is 21.3 Å². The summed E-state index contributed by atoms with van der Waals surface area (Å²) < 4.78 is 18.4. The molecule has 0 aliphatic rings. The average Bonchev–Trinajstić information content (AvgIpc) is 2.19. The summed E-state index contributed by atoms with van der Waals surface area (Å²) in [4.78, 5) is 0. The smallest absolute Gasteiger partial charge is 0.165 e. The zero-order chi connectivity index (χ0) is 10.4. The van der Waals surface area contributed by atoms with E-state index >= 15 is 0 Å². The SMILES string of the molecule is CCOc1ccc(CNCS)cc1F. The normalized spacial score (nSPS) is 10.2. The first kappa shape index (κ1) is 11.3. The van der Waals surface area contributed by atoms with Crippen molar-refractivity contribution in [3.8, 4) is 5.75 Å². The van der Waals surface area contributed by atoms with Gasteiger partial charge in [-0.05, 0) is 24.6 Å². The van der Waals surface area contributed by atoms with Gasteiger partial charge in [0.2, 0.25) is 0 Å². The van der Waals surface area contributed by atoms with Crippen LogP contribution in [0.3, 0.4) is 0 Å². The van der Waals surface area contributed by atoms with Gasteiger partial charge in [-0.1, -0.05) is 6.07 Å². The number of ether oxygens (including phenoxy) is 1. The molecule has 1 rings (SSSR count). The van der Waals surface area contributed by atoms with Crippen molar-refractivity contribution < 1.29 is 9.13 Å². The molecule has 0 aliphatic heterocycles. The molecular formula is C10H14FNOS. The molecule has 0 spiro atoms. The Morgan fingerprint density at radius 1 is 1.50 bits per heavy atom. The van der Waals surface area contributed by atoms with Crippen LogP contribution in [0.4, 0.5) is 4.39 Å². The van der Waals surface area contributed by atoms with Crippen LogP contribution in [0.25, 0.3) is 0 Å². The van der Waals surface area contributed by atoms with Gasteiger partial charge in [-0.3, -0.25) is 0 Å². The van der Waals surface area contributed by atoms with Crippen LogP contribution in [0.5, 0.6) is 5.75 Å². The highest BCUT2D eigenvalue weighted by Gasteiger charge is 2.03. The van der Waals surface area contributed by atoms with Crippen molar-refractivity contribution in [1.82, 2.24) is 5.32 Å². The highest BCUT2D eigenvalue weighted by Crippen LogP contribution is 2.18. The molecule has 1 aromatic rings. The fourth-order valence-corrected chi connectivity index (χ4v) is 1.24. The second-order valence-electron chi connectivity index (χ2n) is 2.78. The minimum Gasteiger partial charge on any atom is -0.491 e. The Morgan fingerprint density at radius 2 is 2.29 bits per heavy atom. The van der Waals surface area contributed by atoms with E-state index in [0.717, 1.165) is 5.56 Å². The van der Waals surface area contributed by atoms with Crippen molar-refractivity contribution >= 4 is 12.6 Å². The van der Waals surface area contributed by atoms with Gasteiger partial charge in [-0.25, -0.2) is 4.39 Å². The second kappa shape index (κ2) is 5.88. The summed E-state index contributed by atoms with van der Waals surface area (Å²) in [6.07, 6.45) is 0. The van der Waals surface area contributed by atoms with E-state index in [4.69, 9.17) is 4.74 Å². The maximum absolute atomic E-state index is 13.3. The van der Waals surface area contributed by atoms with E-state index in [1.807, 2.05) is 13.0 Å². The predicted molar refractivity (Wildman–Crippen MR) is 58.3 cm³/mol. The van der Waals surface area contributed by atoms with Crippen LogP contribution in [0, 0.1) is 5.82 Å². The summed E-state index contributed by atoms with van der Waals surface area (Å²) in [5.41, 5.74) is 0.889. The van der Waals surface area contributed by atoms with Crippen molar-refractivity contribution in [2.24, 2.45) is 0 Å². The van der Waals surface area contributed by atoms with Crippen molar-refractivity contribution in [2.75, 3.05) is 12.5 Å². The summed E-state index contributed by atoms with van der Waals surface area (Å²) in [6, 6.07) is 4.96. The lowest BCUT2D eigenvalue weighted by atomic mass is 10.2. The fourth-order valence-electron chi connectivity index (χ4n) is 1.13. The number of nitrogens with one attached hydrogen (secondary N) is 1. The highest BCUT2D eigenvalue weighted by molar-refractivity contribution is 7.80. The number of halogens is 1. The molecule has 0 radical (unpaired) electrons. The largest absolute Gasteiger partial charge is 0.491 e. The van der Waals surface area contributed by atoms with Gasteiger partial charge in [0.15, 0.2) is 11.6 Å². The third kappa shape index (κ3) is 3.20. The minimum absolute atomic E-state index is 0.308. The van der Waals surface area contributed by atoms with Gasteiger partial charge in [0.05, 0.1) is 6.61 Å². The lowest BCUT2D eigenvalue weighted by Gasteiger charge is -2.06. The minimum atomic E-state index is -0.315. The summed E-state index contributed by atoms with van der Waals surface area (Å²) in [7, 11) is 0. The summed E-state index contributed by atoms with van der Waals surface area (Å²) in [5, 5.41) is 3.00. The van der Waals surface area contributed by atoms with Gasteiger partial charge in [-0.2, -0.15) is 12.6 Å². The van der Waals surface area contributed by atoms with E-state index in [9.17, 15) is 4.39 Å². The van der Waals surface area contributed by atoms with Crippen LogP contribution in [-0.4, -0.2) is 12.5 Å². The van der Waals surface area contributed by atoms with Crippen LogP contribution in [-0.2, 0) is 6.54 Å². The molecular weight excluding hydrogens is 201 g/mol. The van der Waals surface area contributed by atoms with E-state index in [-0.39, 0.29) is 5.82 Å². The molecule has 4 heteroatoms. The van der Waals surface area contributed by atoms with Crippen LogP contribution >= 0.6 is 12.6 Å². The van der Waals surface area contributed by atoms with Gasteiger partial charge >= 0.3 is 0 Å². The number of thiol groups is 1. The fraction of sp³-hybridized carbons (Fsp3) is 0.400. The van der Waals surface area contributed by atoms with Crippen molar-refractivity contribution in [1.29, 1.82) is 0 Å². The standard InChI is InChI=1S/C10H14FNOS/c1-2-13-10-4-3-8(5-9(10)11)6-12-7-14/h3-5,12,14H,2,6-7H2,1H3. The number of hydrogen-bond donors (Lipinski definition) is 2. The van der Waals surface area contributed by atoms with Crippen LogP contribution in [0.2, 0.25) is 0 Å². The molecule has 2 nitrogen and oxygen atoms in total. The number of benzene rings is 1. The van der Waals surface area contributed by atoms with Gasteiger partial charge in [0.1, 0.15) is 0 Å². The maximum atomic E-state index is 13.3. The molecule has 14 heavy (non-hydrogen) atoms. The summed E-state index contributed by atoms with van der Waals surface area (Å²) in [5.74, 6) is 0.571. The Labute approximate surface area is 88.9 Å². The molecule has 0 bridgehead atoms. The van der Waals surface area contributed by atoms with E-state index in [1.165, 1.54) is 6.07 Å². The first-order valence-corrected chi connectivity index (χ1v) is 5.14. The molecule has 0 fully saturated rings. The van der Waals surface area contributed by atoms with Crippen LogP contribution in [0.1, 0.15) is 12.5 Å². The Balaban J connectivity index is 2.68. The lowest BCUT2D eigenvalue weighted by molar-refractivity contribution is 0.321. The quantitative estimate of drug-likeness (QED) is 0.580. The van der Waals surface area contributed by atoms with Gasteiger partial charge < -0.3 is 10.1 Å². The number of rotatable bonds is 5. The van der Waals surface area contributed by atoms with Crippen LogP contribution in [0.15, 0.2) is 18.2 Å². The van der Waals surface area contributed by atoms with Gasteiger partial charge in [0.25, 0.3) is 0 Å². The molecule has 0 heterocycles. The first-order valence-electron chi connectivity index (χ1n) is 4.50. The van der Waals surface area contributed by atoms with Crippen LogP contribution < -0.4 is 10.1 Å². The lowest BCUT2D eigenvalue weighted by Crippen LogP contribution is -2.10. The maximum Gasteiger partial charge on any atom is 0.165 e. The first-order chi connectivity index (χ1) is 6.77. The highest BCUT2D eigenvalue weighted by atomic mass is 32.1. The Kier molecular flexibility index (Phi) is 4.76. The van der Waals surface area contributed by atoms with Crippen molar-refractivity contribution in [3.05, 3.63) is 29.6 Å². The number of hydrogen-bond acceptors (Lipinski definition) is 3. The average molecular weight is 215 g/mol. The molecule has 0 saturated carbocycles. The van der Waals surface area contributed by atoms with Crippen molar-refractivity contribution in [3.63, 3.8) is 0 Å². The monoisotopic (exact) mass is 215 g/mol. The van der Waals surface area contributed by atoms with Crippen molar-refractivity contribution in [2.45, 2.75) is 13.5 Å². The summed E-state index contributed by atoms with van der Waals surface area (Å²) >= 11 is 4.00. The van der Waals surface area contributed by atoms with E-state index in [1.54, 1.807) is 6.07 Å². The van der Waals surface area contributed by atoms with Gasteiger partial charge in [0, 0.05) is 12.4 Å². The Hall–Kier alpha value is -0.740. The Morgan fingerprint density at radius 3 is 2.86 bits per heavy atom. The van der Waals surface area contributed by atoms with E-state index < -0.39 is 0 Å². The zero-order valence-electron chi connectivity index (χ0n) is 8.09. The molecule has 1 aromatic carbocycles. The third-order valence-corrected chi connectivity index (χ3v) is 1.96. The molecule has 0 atom stereocenters. The molecule has 0 aromatic heterocycles. The van der Waals surface area contributed by atoms with E-state index in [0.29, 0.717) is 24.8 Å². The zero-order valence-corrected chi connectivity index (χ0v) is 8.98. The predicted octanol–water partition coefficient (Wildman–Crippen LogP) is 2.20. The molecule has 1 N–H and O–H groups in total. The molecule has 0 unspecified atom stereocenters. The second-order valence-corrected chi connectivity index (χ2v) is 3.10. The molecule has 0 amide bonds. The molecule has 78 valence electrons.